The van der Waals surface area contributed by atoms with Crippen molar-refractivity contribution in [2.24, 2.45) is 0 Å². The van der Waals surface area contributed by atoms with Gasteiger partial charge in [0.25, 0.3) is 0 Å². The zero-order chi connectivity index (χ0) is 15.9. The minimum absolute atomic E-state index is 0.138. The largest absolute Gasteiger partial charge is 0.465 e. The molecule has 0 aliphatic carbocycles. The smallest absolute Gasteiger partial charge is 0.302 e. The Kier molecular flexibility index (Phi) is 6.01. The van der Waals surface area contributed by atoms with E-state index >= 15 is 0 Å². The summed E-state index contributed by atoms with van der Waals surface area (Å²) < 4.78 is 5.21. The number of halogens is 1. The van der Waals surface area contributed by atoms with Gasteiger partial charge in [-0.25, -0.2) is 4.98 Å². The number of aromatic nitrogens is 2. The van der Waals surface area contributed by atoms with Gasteiger partial charge in [-0.2, -0.15) is 0 Å². The van der Waals surface area contributed by atoms with Gasteiger partial charge in [0.05, 0.1) is 5.92 Å². The Hall–Kier alpha value is -1.81. The van der Waals surface area contributed by atoms with Crippen LogP contribution in [-0.2, 0) is 16.0 Å². The molecule has 5 heteroatoms. The highest BCUT2D eigenvalue weighted by atomic mass is 35.5. The van der Waals surface area contributed by atoms with Gasteiger partial charge in [0.2, 0.25) is 0 Å². The average molecular weight is 321 g/mol. The van der Waals surface area contributed by atoms with Crippen molar-refractivity contribution >= 4 is 17.6 Å². The summed E-state index contributed by atoms with van der Waals surface area (Å²) in [4.78, 5) is 18.9. The van der Waals surface area contributed by atoms with Crippen LogP contribution < -0.4 is 0 Å². The SMILES string of the molecule is CCCCc1ncc([C@@H](COC(C)=O)c2ccccc2Cl)[nH]1. The molecular formula is C17H21ClN2O2. The molecular weight excluding hydrogens is 300 g/mol. The van der Waals surface area contributed by atoms with Gasteiger partial charge in [-0.1, -0.05) is 43.1 Å². The highest BCUT2D eigenvalue weighted by Crippen LogP contribution is 2.29. The van der Waals surface area contributed by atoms with Gasteiger partial charge in [0.1, 0.15) is 12.4 Å². The van der Waals surface area contributed by atoms with E-state index in [9.17, 15) is 4.79 Å². The van der Waals surface area contributed by atoms with Gasteiger partial charge in [-0.3, -0.25) is 4.79 Å². The summed E-state index contributed by atoms with van der Waals surface area (Å²) in [5, 5.41) is 0.657. The fraction of sp³-hybridized carbons (Fsp3) is 0.412. The third-order valence-corrected chi connectivity index (χ3v) is 3.87. The maximum absolute atomic E-state index is 11.2. The van der Waals surface area contributed by atoms with Crippen molar-refractivity contribution < 1.29 is 9.53 Å². The quantitative estimate of drug-likeness (QED) is 0.781. The lowest BCUT2D eigenvalue weighted by Gasteiger charge is -2.17. The molecule has 1 atom stereocenters. The molecule has 0 radical (unpaired) electrons. The van der Waals surface area contributed by atoms with Crippen molar-refractivity contribution in [3.05, 3.63) is 52.6 Å². The first-order valence-electron chi connectivity index (χ1n) is 7.53. The van der Waals surface area contributed by atoms with E-state index in [1.807, 2.05) is 30.5 Å². The molecule has 118 valence electrons. The molecule has 0 aliphatic heterocycles. The van der Waals surface area contributed by atoms with Crippen LogP contribution in [0.5, 0.6) is 0 Å². The van der Waals surface area contributed by atoms with Gasteiger partial charge in [0, 0.05) is 30.3 Å². The van der Waals surface area contributed by atoms with Crippen LogP contribution in [0.2, 0.25) is 5.02 Å². The molecule has 0 unspecified atom stereocenters. The van der Waals surface area contributed by atoms with Gasteiger partial charge in [-0.05, 0) is 18.1 Å². The topological polar surface area (TPSA) is 55.0 Å². The highest BCUT2D eigenvalue weighted by Gasteiger charge is 2.20. The van der Waals surface area contributed by atoms with E-state index in [4.69, 9.17) is 16.3 Å². The van der Waals surface area contributed by atoms with Crippen molar-refractivity contribution in [1.82, 2.24) is 9.97 Å². The summed E-state index contributed by atoms with van der Waals surface area (Å²) in [6.07, 6.45) is 4.94. The lowest BCUT2D eigenvalue weighted by Crippen LogP contribution is -2.13. The van der Waals surface area contributed by atoms with Gasteiger partial charge in [0.15, 0.2) is 0 Å². The lowest BCUT2D eigenvalue weighted by molar-refractivity contribution is -0.141. The number of aryl methyl sites for hydroxylation is 1. The summed E-state index contributed by atoms with van der Waals surface area (Å²) in [7, 11) is 0. The van der Waals surface area contributed by atoms with Gasteiger partial charge >= 0.3 is 5.97 Å². The summed E-state index contributed by atoms with van der Waals surface area (Å²) in [5.74, 6) is 0.514. The van der Waals surface area contributed by atoms with E-state index in [0.29, 0.717) is 5.02 Å². The van der Waals surface area contributed by atoms with Crippen LogP contribution in [0, 0.1) is 0 Å². The summed E-state index contributed by atoms with van der Waals surface area (Å²) >= 11 is 6.30. The number of imidazole rings is 1. The Morgan fingerprint density at radius 3 is 2.86 bits per heavy atom. The number of carbonyl (C=O) groups is 1. The number of rotatable bonds is 7. The van der Waals surface area contributed by atoms with Crippen LogP contribution in [-0.4, -0.2) is 22.5 Å². The van der Waals surface area contributed by atoms with E-state index in [1.54, 1.807) is 0 Å². The lowest BCUT2D eigenvalue weighted by atomic mass is 9.97. The molecule has 0 amide bonds. The molecule has 2 aromatic rings. The molecule has 0 bridgehead atoms. The molecule has 0 spiro atoms. The first kappa shape index (κ1) is 16.6. The Bertz CT molecular complexity index is 625. The Morgan fingerprint density at radius 1 is 1.41 bits per heavy atom. The maximum atomic E-state index is 11.2. The van der Waals surface area contributed by atoms with E-state index in [1.165, 1.54) is 6.92 Å². The van der Waals surface area contributed by atoms with E-state index < -0.39 is 0 Å². The van der Waals surface area contributed by atoms with Crippen LogP contribution in [0.15, 0.2) is 30.5 Å². The number of carbonyl (C=O) groups excluding carboxylic acids is 1. The third-order valence-electron chi connectivity index (χ3n) is 3.52. The van der Waals surface area contributed by atoms with Crippen molar-refractivity contribution in [3.63, 3.8) is 0 Å². The molecule has 1 heterocycles. The Labute approximate surface area is 135 Å². The Balaban J connectivity index is 2.26. The molecule has 0 saturated carbocycles. The monoisotopic (exact) mass is 320 g/mol. The predicted octanol–water partition coefficient (Wildman–Crippen LogP) is 4.10. The fourth-order valence-corrected chi connectivity index (χ4v) is 2.60. The molecule has 0 fully saturated rings. The first-order chi connectivity index (χ1) is 10.6. The number of nitrogens with one attached hydrogen (secondary N) is 1. The molecule has 1 aromatic carbocycles. The molecule has 2 rings (SSSR count). The number of aromatic amines is 1. The molecule has 1 N–H and O–H groups in total. The predicted molar refractivity (Wildman–Crippen MR) is 87.1 cm³/mol. The number of hydrogen-bond donors (Lipinski definition) is 1. The average Bonchev–Trinajstić information content (AvgIpc) is 2.95. The molecule has 4 nitrogen and oxygen atoms in total. The first-order valence-corrected chi connectivity index (χ1v) is 7.91. The van der Waals surface area contributed by atoms with E-state index in [-0.39, 0.29) is 18.5 Å². The third kappa shape index (κ3) is 4.34. The normalized spacial score (nSPS) is 12.1. The van der Waals surface area contributed by atoms with Crippen molar-refractivity contribution in [2.75, 3.05) is 6.61 Å². The van der Waals surface area contributed by atoms with E-state index in [2.05, 4.69) is 16.9 Å². The molecule has 0 aliphatic rings. The van der Waals surface area contributed by atoms with Crippen molar-refractivity contribution in [3.8, 4) is 0 Å². The summed E-state index contributed by atoms with van der Waals surface area (Å²) in [6, 6.07) is 7.60. The number of benzene rings is 1. The Morgan fingerprint density at radius 2 is 2.18 bits per heavy atom. The van der Waals surface area contributed by atoms with Gasteiger partial charge in [-0.15, -0.1) is 0 Å². The maximum Gasteiger partial charge on any atom is 0.302 e. The molecule has 1 aromatic heterocycles. The number of hydrogen-bond acceptors (Lipinski definition) is 3. The molecule has 0 saturated heterocycles. The molecule has 22 heavy (non-hydrogen) atoms. The minimum Gasteiger partial charge on any atom is -0.465 e. The van der Waals surface area contributed by atoms with Crippen molar-refractivity contribution in [1.29, 1.82) is 0 Å². The second-order valence-electron chi connectivity index (χ2n) is 5.27. The summed E-state index contributed by atoms with van der Waals surface area (Å²) in [5.41, 5.74) is 1.84. The zero-order valence-electron chi connectivity index (χ0n) is 12.9. The standard InChI is InChI=1S/C17H21ClN2O2/c1-3-4-9-17-19-10-16(20-17)14(11-22-12(2)21)13-7-5-6-8-15(13)18/h5-8,10,14H,3-4,9,11H2,1-2H3,(H,19,20)/t14-/m0/s1. The number of nitrogens with zero attached hydrogens (tertiary/aromatic N) is 1. The fourth-order valence-electron chi connectivity index (χ4n) is 2.33. The van der Waals surface area contributed by atoms with Gasteiger partial charge < -0.3 is 9.72 Å². The number of esters is 1. The van der Waals surface area contributed by atoms with Crippen LogP contribution in [0.1, 0.15) is 49.7 Å². The number of H-pyrrole nitrogens is 1. The minimum atomic E-state index is -0.303. The second-order valence-corrected chi connectivity index (χ2v) is 5.67. The van der Waals surface area contributed by atoms with Crippen LogP contribution >= 0.6 is 11.6 Å². The highest BCUT2D eigenvalue weighted by molar-refractivity contribution is 6.31. The number of unbranched alkanes of at least 4 members (excludes halogenated alkanes) is 1. The summed E-state index contributed by atoms with van der Waals surface area (Å²) in [6.45, 7) is 3.80. The van der Waals surface area contributed by atoms with Crippen LogP contribution in [0.25, 0.3) is 0 Å². The second kappa shape index (κ2) is 7.99. The van der Waals surface area contributed by atoms with Crippen molar-refractivity contribution in [2.45, 2.75) is 39.0 Å². The number of ether oxygens (including phenoxy) is 1. The zero-order valence-corrected chi connectivity index (χ0v) is 13.7. The van der Waals surface area contributed by atoms with Crippen LogP contribution in [0.3, 0.4) is 0 Å². The van der Waals surface area contributed by atoms with E-state index in [0.717, 1.165) is 36.3 Å². The van der Waals surface area contributed by atoms with Crippen LogP contribution in [0.4, 0.5) is 0 Å².